The van der Waals surface area contributed by atoms with Gasteiger partial charge in [0.2, 0.25) is 0 Å². The van der Waals surface area contributed by atoms with E-state index >= 15 is 0 Å². The summed E-state index contributed by atoms with van der Waals surface area (Å²) in [6, 6.07) is 14.7. The summed E-state index contributed by atoms with van der Waals surface area (Å²) >= 11 is 0. The van der Waals surface area contributed by atoms with E-state index < -0.39 is 11.7 Å². The van der Waals surface area contributed by atoms with Crippen LogP contribution < -0.4 is 16.6 Å². The van der Waals surface area contributed by atoms with Crippen LogP contribution in [0.25, 0.3) is 0 Å². The number of benzene rings is 1. The molecule has 2 aromatic heterocycles. The van der Waals surface area contributed by atoms with Crippen molar-refractivity contribution in [2.75, 3.05) is 0 Å². The average molecular weight is 451 g/mol. The SMILES string of the molecule is Cc1cc(CNC(=O)OC(C)(C)C)cc(Cn2c(=O)cc(C)n(Cc3ccccc3)c2=O)n1. The number of hydrogen-bond donors (Lipinski definition) is 1. The van der Waals surface area contributed by atoms with Gasteiger partial charge in [-0.15, -0.1) is 0 Å². The molecule has 0 saturated carbocycles. The maximum atomic E-state index is 13.2. The average Bonchev–Trinajstić information content (AvgIpc) is 2.72. The number of carbonyl (C=O) groups excluding carboxylic acids is 1. The van der Waals surface area contributed by atoms with E-state index in [1.165, 1.54) is 10.6 Å². The first-order valence-corrected chi connectivity index (χ1v) is 10.8. The second-order valence-corrected chi connectivity index (χ2v) is 9.03. The smallest absolute Gasteiger partial charge is 0.407 e. The number of aryl methyl sites for hydroxylation is 2. The van der Waals surface area contributed by atoms with Crippen molar-refractivity contribution in [2.45, 2.75) is 59.9 Å². The van der Waals surface area contributed by atoms with Gasteiger partial charge in [0.25, 0.3) is 5.56 Å². The lowest BCUT2D eigenvalue weighted by Gasteiger charge is -2.19. The molecule has 0 radical (unpaired) electrons. The fraction of sp³-hybridized carbons (Fsp3) is 0.360. The normalized spacial score (nSPS) is 11.3. The molecule has 0 bridgehead atoms. The van der Waals surface area contributed by atoms with E-state index in [9.17, 15) is 14.4 Å². The molecule has 1 amide bonds. The molecule has 8 nitrogen and oxygen atoms in total. The molecule has 1 aromatic carbocycles. The van der Waals surface area contributed by atoms with Gasteiger partial charge >= 0.3 is 11.8 Å². The van der Waals surface area contributed by atoms with E-state index in [-0.39, 0.29) is 24.3 Å². The molecular formula is C25H30N4O4. The van der Waals surface area contributed by atoms with Gasteiger partial charge in [0.15, 0.2) is 0 Å². The lowest BCUT2D eigenvalue weighted by atomic mass is 10.2. The molecule has 174 valence electrons. The van der Waals surface area contributed by atoms with Crippen LogP contribution in [0.2, 0.25) is 0 Å². The molecule has 2 heterocycles. The fourth-order valence-corrected chi connectivity index (χ4v) is 3.48. The zero-order valence-electron chi connectivity index (χ0n) is 19.7. The zero-order chi connectivity index (χ0) is 24.2. The molecule has 1 N–H and O–H groups in total. The first kappa shape index (κ1) is 24.0. The molecule has 0 saturated heterocycles. The highest BCUT2D eigenvalue weighted by Crippen LogP contribution is 2.09. The number of rotatable bonds is 6. The number of pyridine rings is 1. The Morgan fingerprint density at radius 3 is 2.33 bits per heavy atom. The summed E-state index contributed by atoms with van der Waals surface area (Å²) in [6.45, 7) is 9.62. The van der Waals surface area contributed by atoms with Gasteiger partial charge in [-0.25, -0.2) is 9.59 Å². The highest BCUT2D eigenvalue weighted by molar-refractivity contribution is 5.67. The van der Waals surface area contributed by atoms with Gasteiger partial charge in [0.05, 0.1) is 18.8 Å². The standard InChI is InChI=1S/C25H30N4O4/c1-17-11-20(14-26-23(31)33-25(3,4)5)13-21(27-17)16-29-22(30)12-18(2)28(24(29)32)15-19-9-7-6-8-10-19/h6-13H,14-16H2,1-5H3,(H,26,31). The number of nitrogens with zero attached hydrogens (tertiary/aromatic N) is 3. The van der Waals surface area contributed by atoms with E-state index in [0.29, 0.717) is 17.9 Å². The van der Waals surface area contributed by atoms with Crippen molar-refractivity contribution >= 4 is 6.09 Å². The minimum atomic E-state index is -0.588. The maximum absolute atomic E-state index is 13.2. The van der Waals surface area contributed by atoms with E-state index in [2.05, 4.69) is 10.3 Å². The first-order chi connectivity index (χ1) is 15.5. The zero-order valence-corrected chi connectivity index (χ0v) is 19.7. The van der Waals surface area contributed by atoms with Crippen LogP contribution in [-0.2, 0) is 24.4 Å². The minimum Gasteiger partial charge on any atom is -0.444 e. The van der Waals surface area contributed by atoms with Gasteiger partial charge in [-0.05, 0) is 57.9 Å². The molecule has 0 atom stereocenters. The quantitative estimate of drug-likeness (QED) is 0.623. The Morgan fingerprint density at radius 1 is 0.970 bits per heavy atom. The Labute approximate surface area is 192 Å². The van der Waals surface area contributed by atoms with Gasteiger partial charge < -0.3 is 10.1 Å². The summed E-state index contributed by atoms with van der Waals surface area (Å²) in [5.41, 5.74) is 2.30. The topological polar surface area (TPSA) is 95.2 Å². The van der Waals surface area contributed by atoms with E-state index in [1.807, 2.05) is 43.3 Å². The lowest BCUT2D eigenvalue weighted by molar-refractivity contribution is 0.0523. The lowest BCUT2D eigenvalue weighted by Crippen LogP contribution is -2.41. The van der Waals surface area contributed by atoms with Crippen molar-refractivity contribution in [3.8, 4) is 0 Å². The number of hydrogen-bond acceptors (Lipinski definition) is 5. The minimum absolute atomic E-state index is 0.0356. The third-order valence-corrected chi connectivity index (χ3v) is 4.89. The Balaban J connectivity index is 1.84. The van der Waals surface area contributed by atoms with Crippen LogP contribution in [0.15, 0.2) is 58.1 Å². The Bertz CT molecular complexity index is 1250. The van der Waals surface area contributed by atoms with Crippen LogP contribution in [-0.4, -0.2) is 25.8 Å². The number of nitrogens with one attached hydrogen (secondary N) is 1. The van der Waals surface area contributed by atoms with Crippen LogP contribution in [0.5, 0.6) is 0 Å². The van der Waals surface area contributed by atoms with Crippen molar-refractivity contribution in [1.29, 1.82) is 0 Å². The van der Waals surface area contributed by atoms with Gasteiger partial charge in [0.1, 0.15) is 5.60 Å². The van der Waals surface area contributed by atoms with Gasteiger partial charge in [0, 0.05) is 24.0 Å². The summed E-state index contributed by atoms with van der Waals surface area (Å²) in [6.07, 6.45) is -0.517. The van der Waals surface area contributed by atoms with Gasteiger partial charge in [-0.3, -0.25) is 18.9 Å². The molecule has 0 spiro atoms. The molecule has 0 aliphatic rings. The Hall–Kier alpha value is -3.68. The summed E-state index contributed by atoms with van der Waals surface area (Å²) in [5.74, 6) is 0. The van der Waals surface area contributed by atoms with Crippen molar-refractivity contribution in [3.63, 3.8) is 0 Å². The number of carbonyl (C=O) groups is 1. The number of alkyl carbamates (subject to hydrolysis) is 1. The Morgan fingerprint density at radius 2 is 1.67 bits per heavy atom. The molecule has 0 aliphatic heterocycles. The van der Waals surface area contributed by atoms with Crippen LogP contribution in [0.3, 0.4) is 0 Å². The van der Waals surface area contributed by atoms with Crippen molar-refractivity contribution in [1.82, 2.24) is 19.4 Å². The summed E-state index contributed by atoms with van der Waals surface area (Å²) in [5, 5.41) is 2.72. The second kappa shape index (κ2) is 9.85. The highest BCUT2D eigenvalue weighted by Gasteiger charge is 2.16. The van der Waals surface area contributed by atoms with Crippen LogP contribution in [0.4, 0.5) is 4.79 Å². The van der Waals surface area contributed by atoms with Crippen LogP contribution in [0.1, 0.15) is 49.0 Å². The first-order valence-electron chi connectivity index (χ1n) is 10.8. The molecule has 33 heavy (non-hydrogen) atoms. The fourth-order valence-electron chi connectivity index (χ4n) is 3.48. The molecule has 8 heteroatoms. The largest absolute Gasteiger partial charge is 0.444 e. The summed E-state index contributed by atoms with van der Waals surface area (Å²) in [7, 11) is 0. The molecule has 3 rings (SSSR count). The highest BCUT2D eigenvalue weighted by atomic mass is 16.6. The molecular weight excluding hydrogens is 420 g/mol. The predicted molar refractivity (Wildman–Crippen MR) is 126 cm³/mol. The third kappa shape index (κ3) is 6.65. The number of amides is 1. The molecule has 0 aliphatic carbocycles. The predicted octanol–water partition coefficient (Wildman–Crippen LogP) is 3.14. The number of aromatic nitrogens is 3. The van der Waals surface area contributed by atoms with Crippen molar-refractivity contribution < 1.29 is 9.53 Å². The monoisotopic (exact) mass is 450 g/mol. The van der Waals surface area contributed by atoms with E-state index in [1.54, 1.807) is 38.3 Å². The third-order valence-electron chi connectivity index (χ3n) is 4.89. The van der Waals surface area contributed by atoms with Gasteiger partial charge in [-0.1, -0.05) is 30.3 Å². The summed E-state index contributed by atoms with van der Waals surface area (Å²) in [4.78, 5) is 42.2. The van der Waals surface area contributed by atoms with Crippen LogP contribution in [0, 0.1) is 13.8 Å². The van der Waals surface area contributed by atoms with Crippen molar-refractivity contribution in [3.05, 3.63) is 97.6 Å². The molecule has 0 unspecified atom stereocenters. The van der Waals surface area contributed by atoms with E-state index in [0.717, 1.165) is 16.8 Å². The Kier molecular flexibility index (Phi) is 7.16. The van der Waals surface area contributed by atoms with Gasteiger partial charge in [-0.2, -0.15) is 0 Å². The summed E-state index contributed by atoms with van der Waals surface area (Å²) < 4.78 is 8.03. The second-order valence-electron chi connectivity index (χ2n) is 9.03. The van der Waals surface area contributed by atoms with Crippen molar-refractivity contribution in [2.24, 2.45) is 0 Å². The van der Waals surface area contributed by atoms with Crippen LogP contribution >= 0.6 is 0 Å². The van der Waals surface area contributed by atoms with E-state index in [4.69, 9.17) is 4.74 Å². The molecule has 3 aromatic rings. The maximum Gasteiger partial charge on any atom is 0.407 e. The number of ether oxygens (including phenoxy) is 1. The molecule has 0 fully saturated rings.